The lowest BCUT2D eigenvalue weighted by atomic mass is 9.88. The number of benzene rings is 2. The minimum atomic E-state index is -4.22. The van der Waals surface area contributed by atoms with Crippen molar-refractivity contribution in [3.05, 3.63) is 64.8 Å². The number of aldehydes is 1. The molecule has 2 atom stereocenters. The fourth-order valence-corrected chi connectivity index (χ4v) is 7.71. The number of carbonyl (C=O) groups is 3. The zero-order valence-corrected chi connectivity index (χ0v) is 28.2. The van der Waals surface area contributed by atoms with Crippen molar-refractivity contribution in [1.82, 2.24) is 19.7 Å². The number of rotatable bonds is 10. The van der Waals surface area contributed by atoms with Crippen molar-refractivity contribution in [1.29, 1.82) is 0 Å². The highest BCUT2D eigenvalue weighted by Gasteiger charge is 2.40. The minimum absolute atomic E-state index is 0.0189. The number of hydrogen-bond acceptors (Lipinski definition) is 6. The van der Waals surface area contributed by atoms with E-state index in [2.05, 4.69) is 15.2 Å². The van der Waals surface area contributed by atoms with Crippen LogP contribution in [0.15, 0.2) is 42.6 Å². The number of aromatic nitrogens is 1. The van der Waals surface area contributed by atoms with Gasteiger partial charge in [-0.3, -0.25) is 19.4 Å². The number of aromatic amines is 1. The lowest BCUT2D eigenvalue weighted by molar-refractivity contribution is -0.150. The molecule has 2 N–H and O–H groups in total. The van der Waals surface area contributed by atoms with Crippen LogP contribution in [0, 0.1) is 19.8 Å². The van der Waals surface area contributed by atoms with Gasteiger partial charge in [0.1, 0.15) is 6.29 Å². The average Bonchev–Trinajstić information content (AvgIpc) is 3.71. The molecule has 3 aliphatic rings. The van der Waals surface area contributed by atoms with Crippen LogP contribution in [0.4, 0.5) is 18.9 Å². The lowest BCUT2D eigenvalue weighted by Crippen LogP contribution is -2.52. The first-order chi connectivity index (χ1) is 23.5. The quantitative estimate of drug-likeness (QED) is 0.275. The van der Waals surface area contributed by atoms with E-state index in [9.17, 15) is 27.6 Å². The second kappa shape index (κ2) is 15.0. The van der Waals surface area contributed by atoms with Crippen molar-refractivity contribution in [2.75, 3.05) is 51.2 Å². The molecule has 3 heterocycles. The van der Waals surface area contributed by atoms with E-state index in [1.54, 1.807) is 6.20 Å². The summed E-state index contributed by atoms with van der Waals surface area (Å²) >= 11 is 0. The van der Waals surface area contributed by atoms with Gasteiger partial charge in [-0.25, -0.2) is 0 Å². The number of nitrogens with one attached hydrogen (secondary N) is 2. The fraction of sp³-hybridized carbons (Fsp3) is 0.541. The maximum Gasteiger partial charge on any atom is 0.401 e. The first kappa shape index (κ1) is 35.1. The summed E-state index contributed by atoms with van der Waals surface area (Å²) in [6, 6.07) is 11.4. The van der Waals surface area contributed by atoms with Crippen molar-refractivity contribution < 1.29 is 32.3 Å². The van der Waals surface area contributed by atoms with Crippen LogP contribution in [0.25, 0.3) is 10.9 Å². The number of alkyl halides is 3. The van der Waals surface area contributed by atoms with E-state index < -0.39 is 12.7 Å². The zero-order valence-electron chi connectivity index (χ0n) is 28.2. The molecule has 2 aromatic carbocycles. The molecule has 0 radical (unpaired) electrons. The number of H-pyrrole nitrogens is 1. The minimum Gasteiger partial charge on any atom is -0.376 e. The summed E-state index contributed by atoms with van der Waals surface area (Å²) in [6.45, 7) is 5.57. The summed E-state index contributed by atoms with van der Waals surface area (Å²) in [6.07, 6.45) is 2.71. The summed E-state index contributed by atoms with van der Waals surface area (Å²) in [5, 5.41) is 3.88. The number of aryl methyl sites for hydroxylation is 2. The number of ether oxygens (including phenoxy) is 1. The molecule has 1 aliphatic carbocycles. The van der Waals surface area contributed by atoms with E-state index in [0.717, 1.165) is 59.6 Å². The maximum absolute atomic E-state index is 14.0. The fourth-order valence-electron chi connectivity index (χ4n) is 7.71. The van der Waals surface area contributed by atoms with Gasteiger partial charge in [0.25, 0.3) is 5.91 Å². The third kappa shape index (κ3) is 8.53. The number of amides is 2. The van der Waals surface area contributed by atoms with E-state index >= 15 is 0 Å². The monoisotopic (exact) mass is 681 g/mol. The van der Waals surface area contributed by atoms with E-state index in [0.29, 0.717) is 57.0 Å². The molecule has 3 fully saturated rings. The molecule has 2 amide bonds. The number of nitrogens with zero attached hydrogens (tertiary/aromatic N) is 3. The summed E-state index contributed by atoms with van der Waals surface area (Å²) in [5.74, 6) is -0.145. The van der Waals surface area contributed by atoms with Gasteiger partial charge in [-0.1, -0.05) is 24.3 Å². The zero-order chi connectivity index (χ0) is 34.7. The Morgan fingerprint density at radius 1 is 1.02 bits per heavy atom. The van der Waals surface area contributed by atoms with E-state index in [-0.39, 0.29) is 42.3 Å². The Kier molecular flexibility index (Phi) is 10.8. The molecule has 49 heavy (non-hydrogen) atoms. The SMILES string of the molecule is Cc1cc(NC(=O)c2c[nH]c3ccccc23)c(C)cc1CC(=O)N1C[C@@H](N2CCN(CC(F)(F)F)CC2)C[C@H]1CO[C@H]1CC[C@H](C=O)CC1. The van der Waals surface area contributed by atoms with Crippen LogP contribution in [0.1, 0.15) is 59.2 Å². The highest BCUT2D eigenvalue weighted by molar-refractivity contribution is 6.13. The molecule has 3 aromatic rings. The molecule has 1 saturated carbocycles. The Hall–Kier alpha value is -3.74. The van der Waals surface area contributed by atoms with Crippen LogP contribution in [0.3, 0.4) is 0 Å². The van der Waals surface area contributed by atoms with Crippen LogP contribution in [0.2, 0.25) is 0 Å². The Morgan fingerprint density at radius 2 is 1.76 bits per heavy atom. The summed E-state index contributed by atoms with van der Waals surface area (Å²) in [4.78, 5) is 47.1. The van der Waals surface area contributed by atoms with Gasteiger partial charge in [-0.05, 0) is 74.8 Å². The first-order valence-corrected chi connectivity index (χ1v) is 17.3. The molecular formula is C37H46F3N5O4. The van der Waals surface area contributed by atoms with Gasteiger partial charge in [0, 0.05) is 67.5 Å². The molecule has 2 saturated heterocycles. The molecule has 9 nitrogen and oxygen atoms in total. The normalized spacial score (nSPS) is 24.0. The van der Waals surface area contributed by atoms with Crippen molar-refractivity contribution in [2.24, 2.45) is 5.92 Å². The van der Waals surface area contributed by atoms with Gasteiger partial charge in [0.15, 0.2) is 0 Å². The molecule has 2 aliphatic heterocycles. The Bertz CT molecular complexity index is 1640. The standard InChI is InChI=1S/C37H46F3N5O4/c1-24-16-34(42-36(48)32-19-41-33-6-4-3-5-31(32)33)25(2)15-27(24)17-35(47)45-20-28(44-13-11-43(12-14-44)23-37(38,39)40)18-29(45)22-49-30-9-7-26(21-46)8-10-30/h3-6,15-16,19,21,26,28-30,41H,7-14,17-18,20,22-23H2,1-2H3,(H,42,48)/t26-,28-,29-,30-/m0/s1. The van der Waals surface area contributed by atoms with Crippen LogP contribution in [0.5, 0.6) is 0 Å². The second-order valence-corrected chi connectivity index (χ2v) is 14.0. The van der Waals surface area contributed by atoms with Gasteiger partial charge in [-0.15, -0.1) is 0 Å². The summed E-state index contributed by atoms with van der Waals surface area (Å²) in [5.41, 5.74) is 4.75. The predicted molar refractivity (Wildman–Crippen MR) is 182 cm³/mol. The molecule has 6 rings (SSSR count). The lowest BCUT2D eigenvalue weighted by Gasteiger charge is -2.38. The molecule has 12 heteroatoms. The van der Waals surface area contributed by atoms with Crippen molar-refractivity contribution in [3.8, 4) is 0 Å². The third-order valence-electron chi connectivity index (χ3n) is 10.6. The molecule has 0 spiro atoms. The van der Waals surface area contributed by atoms with Crippen molar-refractivity contribution in [2.45, 2.75) is 76.7 Å². The van der Waals surface area contributed by atoms with Crippen LogP contribution in [-0.2, 0) is 20.7 Å². The number of hydrogen-bond donors (Lipinski definition) is 2. The number of anilines is 1. The largest absolute Gasteiger partial charge is 0.401 e. The molecule has 0 bridgehead atoms. The number of halogens is 3. The maximum atomic E-state index is 14.0. The average molecular weight is 682 g/mol. The Labute approximate surface area is 285 Å². The second-order valence-electron chi connectivity index (χ2n) is 14.0. The van der Waals surface area contributed by atoms with Crippen LogP contribution >= 0.6 is 0 Å². The smallest absolute Gasteiger partial charge is 0.376 e. The van der Waals surface area contributed by atoms with Gasteiger partial charge in [-0.2, -0.15) is 13.2 Å². The van der Waals surface area contributed by atoms with E-state index in [1.807, 2.05) is 55.1 Å². The van der Waals surface area contributed by atoms with E-state index in [1.165, 1.54) is 4.90 Å². The first-order valence-electron chi connectivity index (χ1n) is 17.3. The third-order valence-corrected chi connectivity index (χ3v) is 10.6. The number of piperazine rings is 1. The number of para-hydroxylation sites is 1. The summed E-state index contributed by atoms with van der Waals surface area (Å²) in [7, 11) is 0. The van der Waals surface area contributed by atoms with Crippen LogP contribution < -0.4 is 5.32 Å². The number of carbonyl (C=O) groups excluding carboxylic acids is 3. The predicted octanol–water partition coefficient (Wildman–Crippen LogP) is 5.50. The van der Waals surface area contributed by atoms with Gasteiger partial charge < -0.3 is 24.7 Å². The Balaban J connectivity index is 1.12. The van der Waals surface area contributed by atoms with Gasteiger partial charge >= 0.3 is 6.18 Å². The topological polar surface area (TPSA) is 98.0 Å². The molecule has 1 aromatic heterocycles. The molecule has 0 unspecified atom stereocenters. The van der Waals surface area contributed by atoms with Crippen molar-refractivity contribution >= 4 is 34.7 Å². The van der Waals surface area contributed by atoms with Gasteiger partial charge in [0.2, 0.25) is 5.91 Å². The number of likely N-dealkylation sites (tertiary alicyclic amines) is 1. The molecular weight excluding hydrogens is 635 g/mol. The molecule has 264 valence electrons. The highest BCUT2D eigenvalue weighted by Crippen LogP contribution is 2.30. The number of fused-ring (bicyclic) bond motifs is 1. The van der Waals surface area contributed by atoms with Crippen molar-refractivity contribution in [3.63, 3.8) is 0 Å². The summed E-state index contributed by atoms with van der Waals surface area (Å²) < 4.78 is 45.3. The van der Waals surface area contributed by atoms with Crippen LogP contribution in [-0.4, -0.2) is 108 Å². The van der Waals surface area contributed by atoms with Gasteiger partial charge in [0.05, 0.1) is 37.3 Å². The Morgan fingerprint density at radius 3 is 2.47 bits per heavy atom. The van der Waals surface area contributed by atoms with E-state index in [4.69, 9.17) is 4.74 Å². The highest BCUT2D eigenvalue weighted by atomic mass is 19.4.